The highest BCUT2D eigenvalue weighted by Crippen LogP contribution is 2.39. The predicted octanol–water partition coefficient (Wildman–Crippen LogP) is 6.14. The smallest absolute Gasteiger partial charge is 0.230 e. The van der Waals surface area contributed by atoms with Crippen molar-refractivity contribution in [3.8, 4) is 22.5 Å². The molecule has 0 aliphatic heterocycles. The second-order valence-electron chi connectivity index (χ2n) is 7.64. The number of benzene rings is 2. The van der Waals surface area contributed by atoms with E-state index in [1.54, 1.807) is 11.3 Å². The zero-order chi connectivity index (χ0) is 23.2. The third-order valence-electron chi connectivity index (χ3n) is 5.32. The molecule has 2 aromatic heterocycles. The van der Waals surface area contributed by atoms with Gasteiger partial charge >= 0.3 is 0 Å². The van der Waals surface area contributed by atoms with E-state index < -0.39 is 0 Å². The number of thiophene rings is 1. The fraction of sp³-hybridized carbons (Fsp3) is 0.192. The first-order chi connectivity index (χ1) is 16.1. The van der Waals surface area contributed by atoms with Gasteiger partial charge in [-0.2, -0.15) is 0 Å². The normalized spacial score (nSPS) is 11.8. The minimum Gasteiger partial charge on any atom is -0.349 e. The summed E-state index contributed by atoms with van der Waals surface area (Å²) in [7, 11) is 0. The van der Waals surface area contributed by atoms with E-state index in [2.05, 4.69) is 46.5 Å². The molecule has 0 aliphatic carbocycles. The molecule has 4 rings (SSSR count). The summed E-state index contributed by atoms with van der Waals surface area (Å²) >= 11 is 3.09. The van der Waals surface area contributed by atoms with E-state index in [9.17, 15) is 4.79 Å². The number of carbonyl (C=O) groups excluding carboxylic acids is 1. The third-order valence-corrected chi connectivity index (χ3v) is 7.19. The maximum atomic E-state index is 12.6. The molecular weight excluding hydrogens is 448 g/mol. The van der Waals surface area contributed by atoms with Crippen molar-refractivity contribution in [2.45, 2.75) is 31.6 Å². The summed E-state index contributed by atoms with van der Waals surface area (Å²) in [6.07, 6.45) is 1.83. The van der Waals surface area contributed by atoms with Gasteiger partial charge in [-0.05, 0) is 25.0 Å². The molecule has 2 heterocycles. The molecule has 0 radical (unpaired) electrons. The number of aryl methyl sites for hydroxylation is 1. The summed E-state index contributed by atoms with van der Waals surface area (Å²) in [5.74, 6) is 1.02. The van der Waals surface area contributed by atoms with Gasteiger partial charge in [-0.3, -0.25) is 9.36 Å². The maximum absolute atomic E-state index is 12.6. The van der Waals surface area contributed by atoms with Crippen molar-refractivity contribution in [2.75, 3.05) is 5.75 Å². The van der Waals surface area contributed by atoms with E-state index >= 15 is 0 Å². The molecule has 0 fully saturated rings. The number of amides is 1. The van der Waals surface area contributed by atoms with Crippen LogP contribution in [0.15, 0.2) is 83.9 Å². The Morgan fingerprint density at radius 1 is 1.15 bits per heavy atom. The summed E-state index contributed by atoms with van der Waals surface area (Å²) < 4.78 is 2.03. The fourth-order valence-corrected chi connectivity index (χ4v) is 5.33. The van der Waals surface area contributed by atoms with Crippen LogP contribution in [0.5, 0.6) is 0 Å². The van der Waals surface area contributed by atoms with Gasteiger partial charge in [0.1, 0.15) is 0 Å². The summed E-state index contributed by atoms with van der Waals surface area (Å²) in [5.41, 5.74) is 4.45. The zero-order valence-corrected chi connectivity index (χ0v) is 20.3. The van der Waals surface area contributed by atoms with Crippen molar-refractivity contribution in [2.24, 2.45) is 0 Å². The Balaban J connectivity index is 1.54. The second-order valence-corrected chi connectivity index (χ2v) is 9.67. The van der Waals surface area contributed by atoms with Gasteiger partial charge in [-0.1, -0.05) is 78.5 Å². The molecule has 1 N–H and O–H groups in total. The highest BCUT2D eigenvalue weighted by molar-refractivity contribution is 7.99. The molecule has 33 heavy (non-hydrogen) atoms. The molecule has 0 saturated heterocycles. The van der Waals surface area contributed by atoms with E-state index in [4.69, 9.17) is 0 Å². The van der Waals surface area contributed by atoms with Gasteiger partial charge < -0.3 is 5.32 Å². The first kappa shape index (κ1) is 23.0. The molecule has 2 aromatic carbocycles. The minimum atomic E-state index is -0.0527. The van der Waals surface area contributed by atoms with Crippen molar-refractivity contribution in [1.82, 2.24) is 20.1 Å². The van der Waals surface area contributed by atoms with Crippen LogP contribution in [0.4, 0.5) is 0 Å². The molecule has 0 saturated carbocycles. The van der Waals surface area contributed by atoms with Crippen LogP contribution in [0.3, 0.4) is 0 Å². The molecule has 0 bridgehead atoms. The number of aromatic nitrogens is 3. The van der Waals surface area contributed by atoms with Crippen molar-refractivity contribution in [1.29, 1.82) is 0 Å². The van der Waals surface area contributed by atoms with Crippen LogP contribution in [-0.2, 0) is 11.3 Å². The van der Waals surface area contributed by atoms with Crippen molar-refractivity contribution < 1.29 is 4.79 Å². The molecule has 1 amide bonds. The molecule has 0 spiro atoms. The Kier molecular flexibility index (Phi) is 7.42. The first-order valence-corrected chi connectivity index (χ1v) is 12.6. The van der Waals surface area contributed by atoms with E-state index in [1.165, 1.54) is 22.2 Å². The Morgan fingerprint density at radius 3 is 2.55 bits per heavy atom. The Labute approximate surface area is 202 Å². The Morgan fingerprint density at radius 2 is 1.85 bits per heavy atom. The van der Waals surface area contributed by atoms with E-state index in [0.29, 0.717) is 11.7 Å². The standard InChI is InChI=1S/C26H26N4OS2/c1-4-15-30-25(22-16-32-19(3)24(22)21-13-9-6-10-14-21)28-29-26(30)33-17-23(31)27-18(2)20-11-7-5-8-12-20/h4-14,16,18H,1,15,17H2,2-3H3,(H,27,31). The monoisotopic (exact) mass is 474 g/mol. The summed E-state index contributed by atoms with van der Waals surface area (Å²) in [5, 5.41) is 14.8. The molecule has 5 nitrogen and oxygen atoms in total. The lowest BCUT2D eigenvalue weighted by molar-refractivity contribution is -0.119. The third kappa shape index (κ3) is 5.26. The largest absolute Gasteiger partial charge is 0.349 e. The SMILES string of the molecule is C=CCn1c(SCC(=O)NC(C)c2ccccc2)nnc1-c1csc(C)c1-c1ccccc1. The zero-order valence-electron chi connectivity index (χ0n) is 18.7. The molecule has 168 valence electrons. The summed E-state index contributed by atoms with van der Waals surface area (Å²) in [6.45, 7) is 8.58. The van der Waals surface area contributed by atoms with Gasteiger partial charge in [0.05, 0.1) is 11.8 Å². The van der Waals surface area contributed by atoms with Gasteiger partial charge in [0.2, 0.25) is 5.91 Å². The Bertz CT molecular complexity index is 1230. The highest BCUT2D eigenvalue weighted by Gasteiger charge is 2.21. The van der Waals surface area contributed by atoms with E-state index in [1.807, 2.05) is 66.1 Å². The lowest BCUT2D eigenvalue weighted by atomic mass is 10.0. The van der Waals surface area contributed by atoms with Gasteiger partial charge in [-0.25, -0.2) is 0 Å². The van der Waals surface area contributed by atoms with Crippen LogP contribution >= 0.6 is 23.1 Å². The number of allylic oxidation sites excluding steroid dienone is 1. The van der Waals surface area contributed by atoms with Crippen LogP contribution in [-0.4, -0.2) is 26.4 Å². The number of nitrogens with one attached hydrogen (secondary N) is 1. The number of hydrogen-bond acceptors (Lipinski definition) is 5. The average Bonchev–Trinajstić information content (AvgIpc) is 3.42. The van der Waals surface area contributed by atoms with Crippen molar-refractivity contribution >= 4 is 29.0 Å². The van der Waals surface area contributed by atoms with Gasteiger partial charge in [-0.15, -0.1) is 28.1 Å². The minimum absolute atomic E-state index is 0.0394. The van der Waals surface area contributed by atoms with Crippen molar-refractivity contribution in [3.63, 3.8) is 0 Å². The number of rotatable bonds is 9. The lowest BCUT2D eigenvalue weighted by Gasteiger charge is -2.14. The van der Waals surface area contributed by atoms with Crippen LogP contribution in [0.25, 0.3) is 22.5 Å². The quantitative estimate of drug-likeness (QED) is 0.234. The summed E-state index contributed by atoms with van der Waals surface area (Å²) in [6, 6.07) is 20.2. The van der Waals surface area contributed by atoms with E-state index in [-0.39, 0.29) is 17.7 Å². The van der Waals surface area contributed by atoms with Crippen LogP contribution in [0, 0.1) is 6.92 Å². The molecule has 1 atom stereocenters. The van der Waals surface area contributed by atoms with Crippen molar-refractivity contribution in [3.05, 3.63) is 89.1 Å². The topological polar surface area (TPSA) is 59.8 Å². The number of thioether (sulfide) groups is 1. The fourth-order valence-electron chi connectivity index (χ4n) is 3.71. The Hall–Kier alpha value is -3.16. The number of carbonyl (C=O) groups is 1. The first-order valence-electron chi connectivity index (χ1n) is 10.7. The molecular formula is C26H26N4OS2. The van der Waals surface area contributed by atoms with Crippen LogP contribution in [0.2, 0.25) is 0 Å². The van der Waals surface area contributed by atoms with Crippen LogP contribution in [0.1, 0.15) is 23.4 Å². The van der Waals surface area contributed by atoms with Gasteiger partial charge in [0.25, 0.3) is 0 Å². The van der Waals surface area contributed by atoms with Gasteiger partial charge in [0, 0.05) is 27.9 Å². The molecule has 0 aliphatic rings. The molecule has 1 unspecified atom stereocenters. The van der Waals surface area contributed by atoms with Crippen LogP contribution < -0.4 is 5.32 Å². The summed E-state index contributed by atoms with van der Waals surface area (Å²) in [4.78, 5) is 13.8. The lowest BCUT2D eigenvalue weighted by Crippen LogP contribution is -2.28. The number of hydrogen-bond donors (Lipinski definition) is 1. The molecule has 7 heteroatoms. The average molecular weight is 475 g/mol. The number of nitrogens with zero attached hydrogens (tertiary/aromatic N) is 3. The predicted molar refractivity (Wildman–Crippen MR) is 137 cm³/mol. The highest BCUT2D eigenvalue weighted by atomic mass is 32.2. The maximum Gasteiger partial charge on any atom is 0.230 e. The van der Waals surface area contributed by atoms with E-state index in [0.717, 1.165) is 22.5 Å². The second kappa shape index (κ2) is 10.6. The van der Waals surface area contributed by atoms with Gasteiger partial charge in [0.15, 0.2) is 11.0 Å². The molecule has 4 aromatic rings.